The van der Waals surface area contributed by atoms with Crippen LogP contribution in [-0.4, -0.2) is 0 Å². The lowest BCUT2D eigenvalue weighted by molar-refractivity contribution is 1.46. The molecule has 17 heavy (non-hydrogen) atoms. The summed E-state index contributed by atoms with van der Waals surface area (Å²) < 4.78 is 0. The van der Waals surface area contributed by atoms with E-state index < -0.39 is 0 Å². The van der Waals surface area contributed by atoms with E-state index in [1.807, 2.05) is 36.4 Å². The van der Waals surface area contributed by atoms with Crippen molar-refractivity contribution in [1.29, 1.82) is 10.8 Å². The van der Waals surface area contributed by atoms with E-state index in [0.717, 1.165) is 0 Å². The molecule has 4 nitrogen and oxygen atoms in total. The molecule has 0 aliphatic rings. The van der Waals surface area contributed by atoms with Crippen molar-refractivity contribution in [1.82, 2.24) is 0 Å². The van der Waals surface area contributed by atoms with Crippen LogP contribution in [-0.2, 0) is 0 Å². The lowest BCUT2D eigenvalue weighted by atomic mass is 10.3. The molecule has 0 aliphatic heterocycles. The lowest BCUT2D eigenvalue weighted by Gasteiger charge is -1.69. The molecule has 84 valence electrons. The van der Waals surface area contributed by atoms with Crippen LogP contribution in [0.4, 0.5) is 11.4 Å². The molecule has 0 amide bonds. The van der Waals surface area contributed by atoms with E-state index >= 15 is 0 Å². The Balaban J connectivity index is 0.000000284. The maximum atomic E-state index is 8.16. The van der Waals surface area contributed by atoms with Gasteiger partial charge in [0.2, 0.25) is 10.8 Å². The van der Waals surface area contributed by atoms with Gasteiger partial charge in [-0.2, -0.15) is 13.5 Å². The minimum atomic E-state index is 0. The summed E-state index contributed by atoms with van der Waals surface area (Å²) in [5, 5.41) is 16.3. The molecule has 0 saturated heterocycles. The second kappa shape index (κ2) is 8.90. The first-order valence-electron chi connectivity index (χ1n) is 4.67. The van der Waals surface area contributed by atoms with Gasteiger partial charge in [-0.3, -0.25) is 0 Å². The number of benzene rings is 2. The highest BCUT2D eigenvalue weighted by atomic mass is 32.1. The van der Waals surface area contributed by atoms with Crippen molar-refractivity contribution < 1.29 is 0 Å². The lowest BCUT2D eigenvalue weighted by Crippen LogP contribution is -1.54. The normalized spacial score (nSPS) is 7.41. The predicted octanol–water partition coefficient (Wildman–Crippen LogP) is 4.46. The topological polar surface area (TPSA) is 56.3 Å². The fourth-order valence-electron chi connectivity index (χ4n) is 0.989. The maximum Gasteiger partial charge on any atom is 0.385 e. The van der Waals surface area contributed by atoms with Crippen molar-refractivity contribution in [3.63, 3.8) is 0 Å². The van der Waals surface area contributed by atoms with Gasteiger partial charge in [0, 0.05) is 24.3 Å². The van der Waals surface area contributed by atoms with Gasteiger partial charge < -0.3 is 0 Å². The first kappa shape index (κ1) is 14.6. The average molecular weight is 244 g/mol. The summed E-state index contributed by atoms with van der Waals surface area (Å²) in [6, 6.07) is 17.9. The van der Waals surface area contributed by atoms with Gasteiger partial charge >= 0.3 is 11.4 Å². The highest BCUT2D eigenvalue weighted by Gasteiger charge is 1.96. The zero-order valence-electron chi connectivity index (χ0n) is 9.06. The second-order valence-corrected chi connectivity index (χ2v) is 2.87. The molecular weight excluding hydrogens is 232 g/mol. The van der Waals surface area contributed by atoms with Crippen molar-refractivity contribution in [3.05, 3.63) is 70.6 Å². The molecule has 0 bridgehead atoms. The van der Waals surface area contributed by atoms with Crippen molar-refractivity contribution in [2.24, 2.45) is 0 Å². The third-order valence-corrected chi connectivity index (χ3v) is 1.74. The van der Waals surface area contributed by atoms with Crippen molar-refractivity contribution in [2.75, 3.05) is 0 Å². The fourth-order valence-corrected chi connectivity index (χ4v) is 0.989. The largest absolute Gasteiger partial charge is 0.385 e. The molecule has 0 radical (unpaired) electrons. The number of rotatable bonds is 0. The van der Waals surface area contributed by atoms with Gasteiger partial charge in [-0.15, -0.1) is 0 Å². The van der Waals surface area contributed by atoms with Crippen LogP contribution >= 0.6 is 13.5 Å². The van der Waals surface area contributed by atoms with Crippen LogP contribution in [0.3, 0.4) is 0 Å². The van der Waals surface area contributed by atoms with Gasteiger partial charge in [0.05, 0.1) is 0 Å². The quantitative estimate of drug-likeness (QED) is 0.642. The highest BCUT2D eigenvalue weighted by Crippen LogP contribution is 2.08. The number of hydrogen-bond donors (Lipinski definition) is 0. The molecule has 2 aromatic rings. The zero-order valence-corrected chi connectivity index (χ0v) is 10.1. The van der Waals surface area contributed by atoms with Crippen LogP contribution in [0.1, 0.15) is 0 Å². The van der Waals surface area contributed by atoms with E-state index in [4.69, 9.17) is 10.8 Å². The summed E-state index contributed by atoms with van der Waals surface area (Å²) in [6.45, 7) is 0. The van der Waals surface area contributed by atoms with Gasteiger partial charge in [-0.05, 0) is 0 Å². The number of diazo groups is 2. The van der Waals surface area contributed by atoms with E-state index in [1.54, 1.807) is 24.3 Å². The summed E-state index contributed by atoms with van der Waals surface area (Å²) in [6.07, 6.45) is 0. The smallest absolute Gasteiger partial charge is 0.197 e. The molecule has 0 aliphatic carbocycles. The van der Waals surface area contributed by atoms with Crippen LogP contribution in [0.25, 0.3) is 9.95 Å². The monoisotopic (exact) mass is 244 g/mol. The highest BCUT2D eigenvalue weighted by molar-refractivity contribution is 7.59. The van der Waals surface area contributed by atoms with E-state index in [-0.39, 0.29) is 13.5 Å². The third kappa shape index (κ3) is 5.93. The minimum Gasteiger partial charge on any atom is -0.197 e. The SMILES string of the molecule is N#[N+]c1ccccc1.N#[N+]c1ccccc1.S. The molecule has 0 fully saturated rings. The van der Waals surface area contributed by atoms with Gasteiger partial charge in [-0.25, -0.2) is 0 Å². The van der Waals surface area contributed by atoms with E-state index in [1.165, 1.54) is 0 Å². The van der Waals surface area contributed by atoms with Crippen LogP contribution in [0.2, 0.25) is 0 Å². The Morgan fingerprint density at radius 2 is 0.882 bits per heavy atom. The van der Waals surface area contributed by atoms with E-state index in [2.05, 4.69) is 9.95 Å². The van der Waals surface area contributed by atoms with Crippen LogP contribution in [0, 0.1) is 10.8 Å². The predicted molar refractivity (Wildman–Crippen MR) is 72.8 cm³/mol. The van der Waals surface area contributed by atoms with Crippen LogP contribution < -0.4 is 0 Å². The van der Waals surface area contributed by atoms with Crippen LogP contribution in [0.15, 0.2) is 60.7 Å². The number of nitrogens with zero attached hydrogens (tertiary/aromatic N) is 4. The molecule has 2 rings (SSSR count). The van der Waals surface area contributed by atoms with E-state index in [0.29, 0.717) is 11.4 Å². The Kier molecular flexibility index (Phi) is 7.66. The molecule has 0 atom stereocenters. The summed E-state index contributed by atoms with van der Waals surface area (Å²) in [5.41, 5.74) is 1.18. The first-order valence-corrected chi connectivity index (χ1v) is 4.67. The van der Waals surface area contributed by atoms with Gasteiger partial charge in [0.1, 0.15) is 0 Å². The molecule has 0 N–H and O–H groups in total. The van der Waals surface area contributed by atoms with Crippen molar-refractivity contribution >= 4 is 24.9 Å². The van der Waals surface area contributed by atoms with Crippen LogP contribution in [0.5, 0.6) is 0 Å². The Morgan fingerprint density at radius 3 is 1.06 bits per heavy atom. The third-order valence-electron chi connectivity index (χ3n) is 1.74. The molecule has 0 saturated carbocycles. The zero-order chi connectivity index (χ0) is 11.6. The maximum absolute atomic E-state index is 8.16. The summed E-state index contributed by atoms with van der Waals surface area (Å²) in [4.78, 5) is 5.94. The Bertz CT molecular complexity index is 450. The Labute approximate surface area is 107 Å². The van der Waals surface area contributed by atoms with Gasteiger partial charge in [0.25, 0.3) is 0 Å². The molecule has 2 aromatic carbocycles. The molecule has 0 heterocycles. The van der Waals surface area contributed by atoms with E-state index in [9.17, 15) is 0 Å². The first-order chi connectivity index (χ1) is 7.86. The second-order valence-electron chi connectivity index (χ2n) is 2.87. The van der Waals surface area contributed by atoms with Crippen molar-refractivity contribution in [3.8, 4) is 0 Å². The van der Waals surface area contributed by atoms with Gasteiger partial charge in [-0.1, -0.05) is 36.4 Å². The Morgan fingerprint density at radius 1 is 0.588 bits per heavy atom. The average Bonchev–Trinajstić information content (AvgIpc) is 2.41. The summed E-state index contributed by atoms with van der Waals surface area (Å²) in [7, 11) is 0. The number of hydrogen-bond acceptors (Lipinski definition) is 2. The van der Waals surface area contributed by atoms with Crippen molar-refractivity contribution in [2.45, 2.75) is 0 Å². The molecule has 0 spiro atoms. The standard InChI is InChI=1S/2C6H5N2.H2S/c2*7-8-6-4-2-1-3-5-6;/h2*1-5H;1H2/q2*+1;. The molecular formula is C12H12N4S+2. The minimum absolute atomic E-state index is 0. The Hall–Kier alpha value is -2.37. The molecule has 5 heteroatoms. The molecule has 0 unspecified atom stereocenters. The molecule has 0 aromatic heterocycles. The fraction of sp³-hybridized carbons (Fsp3) is 0. The van der Waals surface area contributed by atoms with Gasteiger partial charge in [0.15, 0.2) is 9.95 Å². The summed E-state index contributed by atoms with van der Waals surface area (Å²) >= 11 is 0. The summed E-state index contributed by atoms with van der Waals surface area (Å²) in [5.74, 6) is 0.